The Kier molecular flexibility index (Phi) is 7.22. The van der Waals surface area contributed by atoms with Gasteiger partial charge in [0.25, 0.3) is 0 Å². The van der Waals surface area contributed by atoms with Crippen LogP contribution in [0.15, 0.2) is 54.5 Å². The van der Waals surface area contributed by atoms with E-state index in [0.29, 0.717) is 5.82 Å². The minimum Gasteiger partial charge on any atom is -0.399 e. The van der Waals surface area contributed by atoms with E-state index in [1.54, 1.807) is 19.5 Å². The number of nitrogens with two attached hydrogens (primary N) is 1. The molecular formula is C25H32N6O2. The summed E-state index contributed by atoms with van der Waals surface area (Å²) in [5.74, 6) is 1.07. The zero-order valence-electron chi connectivity index (χ0n) is 19.2. The molecule has 0 atom stereocenters. The smallest absolute Gasteiger partial charge is 0.225 e. The quantitative estimate of drug-likeness (QED) is 0.539. The number of nitrogens with zero attached hydrogens (tertiary/aromatic N) is 5. The third-order valence-corrected chi connectivity index (χ3v) is 6.65. The molecule has 1 amide bonds. The fourth-order valence-corrected chi connectivity index (χ4v) is 4.78. The molecule has 2 aliphatic rings. The number of oxime groups is 1. The van der Waals surface area contributed by atoms with Gasteiger partial charge in [-0.3, -0.25) is 9.78 Å². The van der Waals surface area contributed by atoms with Gasteiger partial charge in [0.1, 0.15) is 18.6 Å². The SMILES string of the molecule is C=C(c1ccnc(N)c1)N1CCC(C(=O)N2CCC(/C(=N/OC)c3ccccn3)CC2)CC1. The van der Waals surface area contributed by atoms with Crippen LogP contribution in [0, 0.1) is 11.8 Å². The summed E-state index contributed by atoms with van der Waals surface area (Å²) in [5.41, 5.74) is 9.44. The third kappa shape index (κ3) is 5.32. The van der Waals surface area contributed by atoms with Gasteiger partial charge in [0.05, 0.1) is 5.69 Å². The lowest BCUT2D eigenvalue weighted by Gasteiger charge is -2.38. The van der Waals surface area contributed by atoms with Crippen LogP contribution in [-0.2, 0) is 9.63 Å². The van der Waals surface area contributed by atoms with E-state index in [0.717, 1.165) is 74.5 Å². The summed E-state index contributed by atoms with van der Waals surface area (Å²) < 4.78 is 0. The summed E-state index contributed by atoms with van der Waals surface area (Å²) >= 11 is 0. The second kappa shape index (κ2) is 10.5. The van der Waals surface area contributed by atoms with E-state index in [-0.39, 0.29) is 17.7 Å². The van der Waals surface area contributed by atoms with E-state index in [9.17, 15) is 4.79 Å². The van der Waals surface area contributed by atoms with Crippen LogP contribution in [0.1, 0.15) is 36.9 Å². The number of aromatic nitrogens is 2. The molecule has 174 valence electrons. The minimum absolute atomic E-state index is 0.0658. The van der Waals surface area contributed by atoms with Gasteiger partial charge in [-0.1, -0.05) is 17.8 Å². The average Bonchev–Trinajstić information content (AvgIpc) is 2.87. The van der Waals surface area contributed by atoms with Gasteiger partial charge in [0.2, 0.25) is 5.91 Å². The maximum Gasteiger partial charge on any atom is 0.225 e. The molecule has 0 spiro atoms. The molecule has 0 radical (unpaired) electrons. The molecule has 0 aromatic carbocycles. The molecule has 4 heterocycles. The first-order valence-corrected chi connectivity index (χ1v) is 11.5. The number of carbonyl (C=O) groups is 1. The molecule has 2 N–H and O–H groups in total. The minimum atomic E-state index is 0.0658. The molecular weight excluding hydrogens is 416 g/mol. The van der Waals surface area contributed by atoms with Gasteiger partial charge in [-0.2, -0.15) is 0 Å². The van der Waals surface area contributed by atoms with Crippen molar-refractivity contribution < 1.29 is 9.63 Å². The number of hydrogen-bond acceptors (Lipinski definition) is 7. The van der Waals surface area contributed by atoms with Gasteiger partial charge in [0, 0.05) is 61.7 Å². The van der Waals surface area contributed by atoms with Gasteiger partial charge in [-0.05, 0) is 49.9 Å². The molecule has 33 heavy (non-hydrogen) atoms. The van der Waals surface area contributed by atoms with Crippen molar-refractivity contribution in [2.75, 3.05) is 39.0 Å². The van der Waals surface area contributed by atoms with Crippen molar-refractivity contribution in [1.82, 2.24) is 19.8 Å². The second-order valence-electron chi connectivity index (χ2n) is 8.65. The summed E-state index contributed by atoms with van der Waals surface area (Å²) in [5, 5.41) is 4.26. The molecule has 2 aliphatic heterocycles. The highest BCUT2D eigenvalue weighted by Gasteiger charge is 2.33. The Hall–Kier alpha value is -3.42. The van der Waals surface area contributed by atoms with E-state index >= 15 is 0 Å². The number of nitrogen functional groups attached to an aromatic ring is 1. The first kappa shape index (κ1) is 22.8. The molecule has 8 heteroatoms. The lowest BCUT2D eigenvalue weighted by Crippen LogP contribution is -2.46. The zero-order chi connectivity index (χ0) is 23.2. The predicted octanol–water partition coefficient (Wildman–Crippen LogP) is 3.03. The maximum atomic E-state index is 13.2. The Balaban J connectivity index is 1.30. The average molecular weight is 449 g/mol. The number of rotatable bonds is 6. The Morgan fingerprint density at radius 2 is 1.73 bits per heavy atom. The molecule has 0 unspecified atom stereocenters. The third-order valence-electron chi connectivity index (χ3n) is 6.65. The molecule has 2 saturated heterocycles. The number of amides is 1. The van der Waals surface area contributed by atoms with Crippen molar-refractivity contribution in [3.8, 4) is 0 Å². The summed E-state index contributed by atoms with van der Waals surface area (Å²) in [6.45, 7) is 7.35. The Morgan fingerprint density at radius 1 is 1.03 bits per heavy atom. The zero-order valence-corrected chi connectivity index (χ0v) is 19.2. The Labute approximate surface area is 195 Å². The number of anilines is 1. The van der Waals surface area contributed by atoms with Crippen LogP contribution < -0.4 is 5.73 Å². The largest absolute Gasteiger partial charge is 0.399 e. The number of pyridine rings is 2. The van der Waals surface area contributed by atoms with Crippen LogP contribution in [0.5, 0.6) is 0 Å². The topological polar surface area (TPSA) is 96.9 Å². The highest BCUT2D eigenvalue weighted by Crippen LogP contribution is 2.29. The van der Waals surface area contributed by atoms with Crippen LogP contribution >= 0.6 is 0 Å². The van der Waals surface area contributed by atoms with Crippen LogP contribution in [0.2, 0.25) is 0 Å². The molecule has 2 fully saturated rings. The lowest BCUT2D eigenvalue weighted by atomic mass is 9.88. The summed E-state index contributed by atoms with van der Waals surface area (Å²) in [4.78, 5) is 31.1. The number of hydrogen-bond donors (Lipinski definition) is 1. The van der Waals surface area contributed by atoms with Crippen molar-refractivity contribution in [3.63, 3.8) is 0 Å². The van der Waals surface area contributed by atoms with Crippen molar-refractivity contribution in [1.29, 1.82) is 0 Å². The molecule has 4 rings (SSSR count). The van der Waals surface area contributed by atoms with E-state index in [2.05, 4.69) is 26.6 Å². The van der Waals surface area contributed by atoms with Crippen LogP contribution in [0.3, 0.4) is 0 Å². The van der Waals surface area contributed by atoms with E-state index in [1.807, 2.05) is 35.2 Å². The highest BCUT2D eigenvalue weighted by molar-refractivity contribution is 6.00. The second-order valence-corrected chi connectivity index (χ2v) is 8.65. The molecule has 0 bridgehead atoms. The van der Waals surface area contributed by atoms with Gasteiger partial charge >= 0.3 is 0 Å². The van der Waals surface area contributed by atoms with Gasteiger partial charge < -0.3 is 20.4 Å². The number of piperidine rings is 2. The van der Waals surface area contributed by atoms with Crippen LogP contribution in [-0.4, -0.2) is 64.7 Å². The van der Waals surface area contributed by atoms with Gasteiger partial charge in [-0.15, -0.1) is 0 Å². The lowest BCUT2D eigenvalue weighted by molar-refractivity contribution is -0.138. The first-order valence-electron chi connectivity index (χ1n) is 11.5. The number of likely N-dealkylation sites (tertiary alicyclic amines) is 2. The standard InChI is InChI=1S/C25H32N6O2/c1-18(21-6-12-28-23(26)17-21)30-13-9-20(10-14-30)25(32)31-15-7-19(8-16-31)24(29-33-2)22-5-3-4-11-27-22/h3-6,11-12,17,19-20H,1,7-10,13-16H2,2H3,(H2,26,28)/b29-24-. The van der Waals surface area contributed by atoms with Crippen molar-refractivity contribution in [3.05, 3.63) is 60.6 Å². The fourth-order valence-electron chi connectivity index (χ4n) is 4.78. The van der Waals surface area contributed by atoms with Crippen molar-refractivity contribution in [2.24, 2.45) is 17.0 Å². The van der Waals surface area contributed by atoms with E-state index in [4.69, 9.17) is 10.6 Å². The highest BCUT2D eigenvalue weighted by atomic mass is 16.6. The summed E-state index contributed by atoms with van der Waals surface area (Å²) in [7, 11) is 1.56. The summed E-state index contributed by atoms with van der Waals surface area (Å²) in [6, 6.07) is 9.57. The van der Waals surface area contributed by atoms with E-state index < -0.39 is 0 Å². The molecule has 0 saturated carbocycles. The molecule has 0 aliphatic carbocycles. The fraction of sp³-hybridized carbons (Fsp3) is 0.440. The molecule has 8 nitrogen and oxygen atoms in total. The normalized spacial score (nSPS) is 18.3. The van der Waals surface area contributed by atoms with Gasteiger partial charge in [-0.25, -0.2) is 4.98 Å². The van der Waals surface area contributed by atoms with Crippen molar-refractivity contribution in [2.45, 2.75) is 25.7 Å². The monoisotopic (exact) mass is 448 g/mol. The molecule has 2 aromatic rings. The van der Waals surface area contributed by atoms with E-state index in [1.165, 1.54) is 0 Å². The summed E-state index contributed by atoms with van der Waals surface area (Å²) in [6.07, 6.45) is 6.87. The number of carbonyl (C=O) groups excluding carboxylic acids is 1. The Bertz CT molecular complexity index is 993. The Morgan fingerprint density at radius 3 is 2.36 bits per heavy atom. The van der Waals surface area contributed by atoms with Crippen molar-refractivity contribution >= 4 is 23.1 Å². The maximum absolute atomic E-state index is 13.2. The van der Waals surface area contributed by atoms with Crippen LogP contribution in [0.4, 0.5) is 5.82 Å². The predicted molar refractivity (Wildman–Crippen MR) is 129 cm³/mol. The molecule has 2 aromatic heterocycles. The van der Waals surface area contributed by atoms with Crippen LogP contribution in [0.25, 0.3) is 5.70 Å². The van der Waals surface area contributed by atoms with Gasteiger partial charge in [0.15, 0.2) is 0 Å². The first-order chi connectivity index (χ1) is 16.1.